The van der Waals surface area contributed by atoms with Crippen molar-refractivity contribution in [2.75, 3.05) is 62.6 Å². The molecule has 0 N–H and O–H groups in total. The van der Waals surface area contributed by atoms with Crippen LogP contribution in [0.4, 0.5) is 0 Å². The molecule has 3 radical (unpaired) electrons. The molecule has 7 heteroatoms. The minimum atomic E-state index is 0. The summed E-state index contributed by atoms with van der Waals surface area (Å²) in [6.07, 6.45) is 3.09. The zero-order chi connectivity index (χ0) is 26.1. The second kappa shape index (κ2) is 16.8. The molecule has 0 fully saturated rings. The molecule has 0 spiro atoms. The third kappa shape index (κ3) is 8.73. The Balaban J connectivity index is 0.000000633. The predicted octanol–water partition coefficient (Wildman–Crippen LogP) is 2.18. The molecule has 3 aromatic rings. The predicted molar refractivity (Wildman–Crippen MR) is 148 cm³/mol. The van der Waals surface area contributed by atoms with Gasteiger partial charge in [0.1, 0.15) is 0 Å². The van der Waals surface area contributed by atoms with Crippen LogP contribution in [0.3, 0.4) is 0 Å². The van der Waals surface area contributed by atoms with Crippen molar-refractivity contribution < 1.29 is 47.0 Å². The summed E-state index contributed by atoms with van der Waals surface area (Å²) in [6, 6.07) is 22.9. The Kier molecular flexibility index (Phi) is 15.0. The molecule has 1 aliphatic carbocycles. The summed E-state index contributed by atoms with van der Waals surface area (Å²) in [7, 11) is 13.3. The smallest absolute Gasteiger partial charge is 1.00 e. The number of fused-ring (bicyclic) bond motifs is 1. The number of nitrogens with zero attached hydrogens (tertiary/aromatic N) is 2. The number of benzene rings is 3. The number of hydrogen-bond acceptors (Lipinski definition) is 5. The van der Waals surface area contributed by atoms with Crippen molar-refractivity contribution in [2.24, 2.45) is 0 Å². The SMILES string of the molecule is CN(C)CCN(C)C.COc1cc2c(c(OC)c1OC)[C](c1ccccc1)[CH][C]2Cc1ccccc1.[Cl-].[Pd+2]. The van der Waals surface area contributed by atoms with Crippen molar-refractivity contribution in [3.8, 4) is 17.2 Å². The first-order valence-electron chi connectivity index (χ1n) is 12.2. The van der Waals surface area contributed by atoms with Crippen molar-refractivity contribution in [2.45, 2.75) is 6.42 Å². The van der Waals surface area contributed by atoms with Crippen LogP contribution in [0.1, 0.15) is 22.3 Å². The van der Waals surface area contributed by atoms with Gasteiger partial charge >= 0.3 is 20.4 Å². The Labute approximate surface area is 249 Å². The molecule has 0 atom stereocenters. The average molecular weight is 630 g/mol. The van der Waals surface area contributed by atoms with E-state index in [0.29, 0.717) is 17.2 Å². The van der Waals surface area contributed by atoms with E-state index in [1.54, 1.807) is 21.3 Å². The first kappa shape index (κ1) is 34.0. The number of halogens is 1. The Hall–Kier alpha value is -2.07. The molecular formula is C31H39ClN2O3Pd+. The summed E-state index contributed by atoms with van der Waals surface area (Å²) in [5.41, 5.74) is 4.59. The van der Waals surface area contributed by atoms with Crippen molar-refractivity contribution in [1.29, 1.82) is 0 Å². The van der Waals surface area contributed by atoms with Crippen molar-refractivity contribution in [1.82, 2.24) is 9.80 Å². The fraction of sp³-hybridized carbons (Fsp3) is 0.323. The van der Waals surface area contributed by atoms with Gasteiger partial charge in [0.25, 0.3) is 0 Å². The summed E-state index contributed by atoms with van der Waals surface area (Å²) >= 11 is 0. The van der Waals surface area contributed by atoms with Gasteiger partial charge in [0, 0.05) is 30.5 Å². The molecular weight excluding hydrogens is 590 g/mol. The van der Waals surface area contributed by atoms with Crippen LogP contribution in [0.5, 0.6) is 17.2 Å². The Morgan fingerprint density at radius 3 is 1.68 bits per heavy atom. The zero-order valence-electron chi connectivity index (χ0n) is 23.4. The molecule has 0 aromatic heterocycles. The maximum absolute atomic E-state index is 5.81. The molecule has 3 aromatic carbocycles. The third-order valence-electron chi connectivity index (χ3n) is 6.08. The largest absolute Gasteiger partial charge is 2.00 e. The van der Waals surface area contributed by atoms with Gasteiger partial charge in [-0.3, -0.25) is 0 Å². The molecule has 38 heavy (non-hydrogen) atoms. The Morgan fingerprint density at radius 1 is 0.684 bits per heavy atom. The van der Waals surface area contributed by atoms with Crippen LogP contribution in [0.15, 0.2) is 66.7 Å². The van der Waals surface area contributed by atoms with E-state index < -0.39 is 0 Å². The van der Waals surface area contributed by atoms with Gasteiger partial charge in [0.05, 0.1) is 21.3 Å². The fourth-order valence-corrected chi connectivity index (χ4v) is 4.21. The van der Waals surface area contributed by atoms with Crippen molar-refractivity contribution in [3.63, 3.8) is 0 Å². The van der Waals surface area contributed by atoms with Gasteiger partial charge < -0.3 is 36.4 Å². The van der Waals surface area contributed by atoms with E-state index in [0.717, 1.165) is 42.1 Å². The van der Waals surface area contributed by atoms with Gasteiger partial charge in [-0.2, -0.15) is 0 Å². The second-order valence-electron chi connectivity index (χ2n) is 9.29. The Morgan fingerprint density at radius 2 is 1.21 bits per heavy atom. The van der Waals surface area contributed by atoms with Crippen molar-refractivity contribution >= 4 is 0 Å². The minimum Gasteiger partial charge on any atom is -1.00 e. The van der Waals surface area contributed by atoms with E-state index in [9.17, 15) is 0 Å². The summed E-state index contributed by atoms with van der Waals surface area (Å²) in [5, 5.41) is 0. The van der Waals surface area contributed by atoms with Gasteiger partial charge in [-0.1, -0.05) is 60.7 Å². The summed E-state index contributed by atoms with van der Waals surface area (Å²) in [6.45, 7) is 2.29. The normalized spacial score (nSPS) is 12.7. The molecule has 5 nitrogen and oxygen atoms in total. The van der Waals surface area contributed by atoms with E-state index in [4.69, 9.17) is 14.2 Å². The van der Waals surface area contributed by atoms with Crippen LogP contribution in [0, 0.1) is 18.3 Å². The quantitative estimate of drug-likeness (QED) is 0.340. The molecule has 207 valence electrons. The number of hydrogen-bond donors (Lipinski definition) is 0. The van der Waals surface area contributed by atoms with Crippen LogP contribution >= 0.6 is 0 Å². The topological polar surface area (TPSA) is 34.2 Å². The first-order chi connectivity index (χ1) is 17.4. The number of methoxy groups -OCH3 is 3. The number of likely N-dealkylation sites (N-methyl/N-ethyl adjacent to an activating group) is 2. The summed E-state index contributed by atoms with van der Waals surface area (Å²) in [5.74, 6) is 4.37. The average Bonchev–Trinajstić information content (AvgIpc) is 3.25. The molecule has 0 saturated heterocycles. The van der Waals surface area contributed by atoms with Crippen LogP contribution in [-0.4, -0.2) is 72.4 Å². The maximum atomic E-state index is 5.81. The van der Waals surface area contributed by atoms with E-state index in [2.05, 4.69) is 99.0 Å². The molecule has 4 rings (SSSR count). The molecule has 0 aliphatic heterocycles. The van der Waals surface area contributed by atoms with Crippen LogP contribution in [-0.2, 0) is 26.8 Å². The molecule has 0 unspecified atom stereocenters. The summed E-state index contributed by atoms with van der Waals surface area (Å²) in [4.78, 5) is 4.36. The van der Waals surface area contributed by atoms with Gasteiger partial charge in [-0.25, -0.2) is 0 Å². The van der Waals surface area contributed by atoms with Crippen LogP contribution in [0.25, 0.3) is 0 Å². The Bertz CT molecular complexity index is 1070. The van der Waals surface area contributed by atoms with E-state index in [-0.39, 0.29) is 32.8 Å². The fourth-order valence-electron chi connectivity index (χ4n) is 4.21. The van der Waals surface area contributed by atoms with Crippen LogP contribution in [0.2, 0.25) is 0 Å². The van der Waals surface area contributed by atoms with Gasteiger partial charge in [0.15, 0.2) is 11.5 Å². The number of ether oxygens (including phenoxy) is 3. The van der Waals surface area contributed by atoms with Gasteiger partial charge in [-0.15, -0.1) is 0 Å². The van der Waals surface area contributed by atoms with Gasteiger partial charge in [-0.05, 0) is 63.8 Å². The molecule has 0 bridgehead atoms. The second-order valence-corrected chi connectivity index (χ2v) is 9.29. The number of rotatable bonds is 9. The van der Waals surface area contributed by atoms with Crippen LogP contribution < -0.4 is 26.6 Å². The van der Waals surface area contributed by atoms with Crippen molar-refractivity contribution in [3.05, 3.63) is 107 Å². The molecule has 1 aliphatic rings. The summed E-state index contributed by atoms with van der Waals surface area (Å²) < 4.78 is 17.0. The maximum Gasteiger partial charge on any atom is 2.00 e. The van der Waals surface area contributed by atoms with Gasteiger partial charge in [0.2, 0.25) is 5.75 Å². The minimum absolute atomic E-state index is 0. The first-order valence-corrected chi connectivity index (χ1v) is 12.2. The third-order valence-corrected chi connectivity index (χ3v) is 6.08. The molecule has 0 heterocycles. The van der Waals surface area contributed by atoms with E-state index >= 15 is 0 Å². The molecule has 0 amide bonds. The van der Waals surface area contributed by atoms with E-state index in [1.807, 2.05) is 12.1 Å². The molecule has 0 saturated carbocycles. The monoisotopic (exact) mass is 628 g/mol. The zero-order valence-corrected chi connectivity index (χ0v) is 25.7. The van der Waals surface area contributed by atoms with E-state index in [1.165, 1.54) is 11.5 Å². The standard InChI is InChI=1S/C25H23O3.C6H16N2.ClH.Pd/c1-26-22-16-21-19(14-17-10-6-4-7-11-17)15-20(18-12-8-5-9-13-18)23(21)25(28-3)24(22)27-2;1-7(2)5-6-8(3)4;;/h4-13,15-16H,14H2,1-3H3;5-6H2,1-4H3;1H;/q;;;+2/p-1.